The van der Waals surface area contributed by atoms with Crippen molar-refractivity contribution in [3.05, 3.63) is 24.3 Å². The molecule has 0 amide bonds. The van der Waals surface area contributed by atoms with E-state index >= 15 is 0 Å². The Balaban J connectivity index is 1.88. The third-order valence-corrected chi connectivity index (χ3v) is 4.21. The van der Waals surface area contributed by atoms with Crippen LogP contribution in [0.1, 0.15) is 13.3 Å². The van der Waals surface area contributed by atoms with Crippen molar-refractivity contribution in [1.29, 1.82) is 0 Å². The van der Waals surface area contributed by atoms with Gasteiger partial charge in [-0.05, 0) is 31.2 Å². The number of fused-ring (bicyclic) bond motifs is 1. The van der Waals surface area contributed by atoms with Gasteiger partial charge in [-0.3, -0.25) is 4.79 Å². The van der Waals surface area contributed by atoms with E-state index in [0.717, 1.165) is 17.0 Å². The van der Waals surface area contributed by atoms with Gasteiger partial charge in [-0.2, -0.15) is 9.78 Å². The van der Waals surface area contributed by atoms with E-state index in [2.05, 4.69) is 15.3 Å². The Hall–Kier alpha value is -2.35. The quantitative estimate of drug-likeness (QED) is 0.781. The molecule has 0 unspecified atom stereocenters. The topological polar surface area (TPSA) is 78.6 Å². The largest absolute Gasteiger partial charge is 0.497 e. The molecule has 1 aromatic heterocycles. The number of hydrogen-bond donors (Lipinski definition) is 0. The number of methoxy groups -OCH3 is 1. The van der Waals surface area contributed by atoms with Crippen molar-refractivity contribution in [1.82, 2.24) is 14.9 Å². The zero-order valence-electron chi connectivity index (χ0n) is 12.9. The minimum Gasteiger partial charge on any atom is -0.497 e. The van der Waals surface area contributed by atoms with Gasteiger partial charge in [-0.1, -0.05) is 11.8 Å². The lowest BCUT2D eigenvalue weighted by molar-refractivity contribution is -0.141. The molecular formula is C15H16N4O3S. The summed E-state index contributed by atoms with van der Waals surface area (Å²) < 4.78 is 11.8. The van der Waals surface area contributed by atoms with E-state index in [1.807, 2.05) is 24.3 Å². The normalized spacial score (nSPS) is 13.2. The van der Waals surface area contributed by atoms with Crippen LogP contribution in [0.3, 0.4) is 0 Å². The number of hydrogen-bond acceptors (Lipinski definition) is 7. The van der Waals surface area contributed by atoms with Crippen LogP contribution in [0.15, 0.2) is 34.5 Å². The standard InChI is InChI=1S/C15H16N4O3S/c1-3-22-13(20)8-11-9-23-15-17-16-14(19(15)18-11)10-4-6-12(21-2)7-5-10/h4-7H,3,8-9H2,1-2H3. The lowest BCUT2D eigenvalue weighted by atomic mass is 10.2. The summed E-state index contributed by atoms with van der Waals surface area (Å²) in [5.74, 6) is 1.75. The summed E-state index contributed by atoms with van der Waals surface area (Å²) >= 11 is 1.51. The van der Waals surface area contributed by atoms with Gasteiger partial charge in [-0.15, -0.1) is 10.2 Å². The van der Waals surface area contributed by atoms with E-state index in [9.17, 15) is 4.79 Å². The second-order valence-corrected chi connectivity index (χ2v) is 5.73. The van der Waals surface area contributed by atoms with Crippen LogP contribution < -0.4 is 4.74 Å². The van der Waals surface area contributed by atoms with Gasteiger partial charge in [0.25, 0.3) is 0 Å². The number of aromatic nitrogens is 3. The number of ether oxygens (including phenoxy) is 2. The molecule has 0 aliphatic carbocycles. The fraction of sp³-hybridized carbons (Fsp3) is 0.333. The summed E-state index contributed by atoms with van der Waals surface area (Å²) in [6, 6.07) is 7.51. The predicted octanol–water partition coefficient (Wildman–Crippen LogP) is 2.22. The predicted molar refractivity (Wildman–Crippen MR) is 86.8 cm³/mol. The van der Waals surface area contributed by atoms with Gasteiger partial charge >= 0.3 is 5.97 Å². The molecule has 3 rings (SSSR count). The first-order valence-electron chi connectivity index (χ1n) is 7.16. The summed E-state index contributed by atoms with van der Waals surface area (Å²) in [6.45, 7) is 2.16. The van der Waals surface area contributed by atoms with E-state index in [1.165, 1.54) is 11.8 Å². The number of rotatable bonds is 5. The molecule has 0 saturated heterocycles. The molecule has 7 nitrogen and oxygen atoms in total. The smallest absolute Gasteiger partial charge is 0.311 e. The van der Waals surface area contributed by atoms with Gasteiger partial charge in [0.1, 0.15) is 5.75 Å². The summed E-state index contributed by atoms with van der Waals surface area (Å²) in [5.41, 5.74) is 1.63. The highest BCUT2D eigenvalue weighted by atomic mass is 32.2. The maximum atomic E-state index is 11.6. The van der Waals surface area contributed by atoms with Gasteiger partial charge in [0.2, 0.25) is 5.16 Å². The minimum absolute atomic E-state index is 0.181. The third-order valence-electron chi connectivity index (χ3n) is 3.22. The van der Waals surface area contributed by atoms with E-state index < -0.39 is 0 Å². The molecule has 1 aliphatic heterocycles. The second-order valence-electron chi connectivity index (χ2n) is 4.78. The zero-order valence-corrected chi connectivity index (χ0v) is 13.7. The van der Waals surface area contributed by atoms with Crippen molar-refractivity contribution >= 4 is 23.4 Å². The highest BCUT2D eigenvalue weighted by Gasteiger charge is 2.21. The molecule has 2 heterocycles. The van der Waals surface area contributed by atoms with Crippen molar-refractivity contribution in [2.24, 2.45) is 5.10 Å². The summed E-state index contributed by atoms with van der Waals surface area (Å²) in [4.78, 5) is 11.6. The summed E-state index contributed by atoms with van der Waals surface area (Å²) in [5, 5.41) is 13.6. The first kappa shape index (κ1) is 15.5. The molecule has 0 bridgehead atoms. The lowest BCUT2D eigenvalue weighted by Crippen LogP contribution is -2.18. The summed E-state index contributed by atoms with van der Waals surface area (Å²) in [7, 11) is 1.62. The molecule has 8 heteroatoms. The van der Waals surface area contributed by atoms with Gasteiger partial charge in [0.15, 0.2) is 5.82 Å². The average Bonchev–Trinajstić information content (AvgIpc) is 2.98. The summed E-state index contributed by atoms with van der Waals surface area (Å²) in [6.07, 6.45) is 0.181. The molecule has 0 N–H and O–H groups in total. The molecule has 1 aliphatic rings. The number of nitrogens with zero attached hydrogens (tertiary/aromatic N) is 4. The Kier molecular flexibility index (Phi) is 4.61. The van der Waals surface area contributed by atoms with Crippen LogP contribution in [0, 0.1) is 0 Å². The Labute approximate surface area is 137 Å². The van der Waals surface area contributed by atoms with Crippen molar-refractivity contribution in [2.75, 3.05) is 19.5 Å². The van der Waals surface area contributed by atoms with Crippen molar-refractivity contribution < 1.29 is 14.3 Å². The van der Waals surface area contributed by atoms with Crippen molar-refractivity contribution in [2.45, 2.75) is 18.5 Å². The number of carbonyl (C=O) groups excluding carboxylic acids is 1. The van der Waals surface area contributed by atoms with Gasteiger partial charge in [-0.25, -0.2) is 0 Å². The van der Waals surface area contributed by atoms with Crippen molar-refractivity contribution in [3.8, 4) is 17.1 Å². The first-order chi connectivity index (χ1) is 11.2. The molecule has 0 atom stereocenters. The number of esters is 1. The van der Waals surface area contributed by atoms with Gasteiger partial charge in [0.05, 0.1) is 25.8 Å². The Morgan fingerprint density at radius 2 is 2.09 bits per heavy atom. The lowest BCUT2D eigenvalue weighted by Gasteiger charge is -2.13. The molecule has 120 valence electrons. The van der Waals surface area contributed by atoms with E-state index in [-0.39, 0.29) is 12.4 Å². The number of benzene rings is 1. The molecule has 2 aromatic rings. The van der Waals surface area contributed by atoms with Gasteiger partial charge < -0.3 is 9.47 Å². The van der Waals surface area contributed by atoms with Crippen LogP contribution in [0.2, 0.25) is 0 Å². The zero-order chi connectivity index (χ0) is 16.2. The molecule has 23 heavy (non-hydrogen) atoms. The monoisotopic (exact) mass is 332 g/mol. The Bertz CT molecular complexity index is 740. The van der Waals surface area contributed by atoms with Crippen LogP contribution in [0.5, 0.6) is 5.75 Å². The maximum Gasteiger partial charge on any atom is 0.311 e. The number of thioether (sulfide) groups is 1. The first-order valence-corrected chi connectivity index (χ1v) is 8.14. The van der Waals surface area contributed by atoms with Crippen LogP contribution in [-0.4, -0.2) is 46.0 Å². The van der Waals surface area contributed by atoms with Crippen LogP contribution >= 0.6 is 11.8 Å². The minimum atomic E-state index is -0.269. The second kappa shape index (κ2) is 6.82. The SMILES string of the molecule is CCOC(=O)CC1=Nn2c(nnc2-c2ccc(OC)cc2)SC1. The average molecular weight is 332 g/mol. The molecule has 0 fully saturated rings. The van der Waals surface area contributed by atoms with E-state index in [0.29, 0.717) is 23.3 Å². The van der Waals surface area contributed by atoms with Gasteiger partial charge in [0, 0.05) is 11.3 Å². The highest BCUT2D eigenvalue weighted by molar-refractivity contribution is 7.99. The maximum absolute atomic E-state index is 11.6. The van der Waals surface area contributed by atoms with Crippen LogP contribution in [-0.2, 0) is 9.53 Å². The molecule has 0 radical (unpaired) electrons. The Morgan fingerprint density at radius 1 is 1.30 bits per heavy atom. The van der Waals surface area contributed by atoms with Crippen LogP contribution in [0.4, 0.5) is 0 Å². The fourth-order valence-corrected chi connectivity index (χ4v) is 2.95. The molecule has 1 aromatic carbocycles. The molecular weight excluding hydrogens is 316 g/mol. The molecule has 0 spiro atoms. The number of carbonyl (C=O) groups is 1. The highest BCUT2D eigenvalue weighted by Crippen LogP contribution is 2.28. The van der Waals surface area contributed by atoms with Crippen molar-refractivity contribution in [3.63, 3.8) is 0 Å². The van der Waals surface area contributed by atoms with E-state index in [4.69, 9.17) is 9.47 Å². The fourth-order valence-electron chi connectivity index (χ4n) is 2.15. The Morgan fingerprint density at radius 3 is 2.78 bits per heavy atom. The third kappa shape index (κ3) is 3.37. The molecule has 0 saturated carbocycles. The van der Waals surface area contributed by atoms with E-state index in [1.54, 1.807) is 18.7 Å². The van der Waals surface area contributed by atoms with Crippen LogP contribution in [0.25, 0.3) is 11.4 Å².